The van der Waals surface area contributed by atoms with Gasteiger partial charge in [-0.25, -0.2) is 4.39 Å². The predicted octanol–water partition coefficient (Wildman–Crippen LogP) is 1.94. The second-order valence-electron chi connectivity index (χ2n) is 4.12. The lowest BCUT2D eigenvalue weighted by atomic mass is 10.1. The summed E-state index contributed by atoms with van der Waals surface area (Å²) in [6, 6.07) is 5.58. The molecular weight excluding hydrogens is 297 g/mol. The maximum atomic E-state index is 13.5. The third-order valence-electron chi connectivity index (χ3n) is 2.69. The maximum absolute atomic E-state index is 13.5. The van der Waals surface area contributed by atoms with E-state index < -0.39 is 28.4 Å². The molecule has 0 atom stereocenters. The Balaban J connectivity index is 2.21. The monoisotopic (exact) mass is 307 g/mol. The fraction of sp³-hybridized carbons (Fsp3) is 0.0769. The number of nitrogens with zero attached hydrogens (tertiary/aromatic N) is 1. The summed E-state index contributed by atoms with van der Waals surface area (Å²) in [5.74, 6) is -3.01. The van der Waals surface area contributed by atoms with E-state index in [0.717, 1.165) is 24.3 Å². The first-order valence-corrected chi connectivity index (χ1v) is 5.99. The zero-order chi connectivity index (χ0) is 16.3. The summed E-state index contributed by atoms with van der Waals surface area (Å²) in [4.78, 5) is 33.0. The van der Waals surface area contributed by atoms with Gasteiger partial charge >= 0.3 is 5.88 Å². The molecule has 0 spiro atoms. The Hall–Kier alpha value is -3.23. The molecule has 22 heavy (non-hydrogen) atoms. The highest BCUT2D eigenvalue weighted by molar-refractivity contribution is 6.03. The fourth-order valence-electron chi connectivity index (χ4n) is 1.65. The van der Waals surface area contributed by atoms with Gasteiger partial charge in [0.25, 0.3) is 11.8 Å². The van der Waals surface area contributed by atoms with Crippen LogP contribution in [0.15, 0.2) is 34.7 Å². The van der Waals surface area contributed by atoms with Gasteiger partial charge in [0.2, 0.25) is 0 Å². The van der Waals surface area contributed by atoms with Crippen LogP contribution < -0.4 is 10.6 Å². The van der Waals surface area contributed by atoms with Crippen molar-refractivity contribution in [3.8, 4) is 0 Å². The van der Waals surface area contributed by atoms with Gasteiger partial charge in [-0.1, -0.05) is 0 Å². The van der Waals surface area contributed by atoms with E-state index in [9.17, 15) is 24.1 Å². The van der Waals surface area contributed by atoms with Gasteiger partial charge in [0.15, 0.2) is 5.76 Å². The van der Waals surface area contributed by atoms with Crippen LogP contribution in [0.25, 0.3) is 0 Å². The van der Waals surface area contributed by atoms with Crippen LogP contribution in [0.1, 0.15) is 20.9 Å². The molecule has 2 rings (SSSR count). The summed E-state index contributed by atoms with van der Waals surface area (Å²) in [6.45, 7) is 0. The molecule has 0 aliphatic heterocycles. The van der Waals surface area contributed by atoms with Crippen LogP contribution in [-0.2, 0) is 0 Å². The largest absolute Gasteiger partial charge is 0.433 e. The van der Waals surface area contributed by atoms with Gasteiger partial charge in [0.1, 0.15) is 10.7 Å². The molecule has 0 unspecified atom stereocenters. The van der Waals surface area contributed by atoms with Gasteiger partial charge in [-0.2, -0.15) is 0 Å². The molecule has 2 aromatic rings. The van der Waals surface area contributed by atoms with E-state index in [-0.39, 0.29) is 17.0 Å². The molecule has 0 aliphatic carbocycles. The van der Waals surface area contributed by atoms with Gasteiger partial charge in [-0.15, -0.1) is 0 Å². The quantitative estimate of drug-likeness (QED) is 0.661. The highest BCUT2D eigenvalue weighted by Gasteiger charge is 2.18. The Labute approximate surface area is 123 Å². The molecule has 1 aromatic carbocycles. The standard InChI is InChI=1S/C13H10FN3O5/c1-15-12(18)8-6-7(2-3-9(8)14)16-13(19)10-4-5-11(22-10)17(20)21/h2-6H,1H3,(H,15,18)(H,16,19). The van der Waals surface area contributed by atoms with Crippen LogP contribution in [0, 0.1) is 15.9 Å². The van der Waals surface area contributed by atoms with Gasteiger partial charge in [-0.05, 0) is 24.3 Å². The van der Waals surface area contributed by atoms with Crippen molar-refractivity contribution in [1.82, 2.24) is 5.32 Å². The number of hydrogen-bond donors (Lipinski definition) is 2. The van der Waals surface area contributed by atoms with E-state index in [4.69, 9.17) is 4.42 Å². The smallest absolute Gasteiger partial charge is 0.395 e. The minimum atomic E-state index is -0.779. The predicted molar refractivity (Wildman–Crippen MR) is 73.1 cm³/mol. The van der Waals surface area contributed by atoms with E-state index in [2.05, 4.69) is 10.6 Å². The lowest BCUT2D eigenvalue weighted by Crippen LogP contribution is -2.20. The number of halogens is 1. The third kappa shape index (κ3) is 3.08. The Kier molecular flexibility index (Phi) is 4.16. The van der Waals surface area contributed by atoms with Crippen LogP contribution in [0.3, 0.4) is 0 Å². The molecule has 2 N–H and O–H groups in total. The van der Waals surface area contributed by atoms with Crippen molar-refractivity contribution in [1.29, 1.82) is 0 Å². The molecule has 1 heterocycles. The van der Waals surface area contributed by atoms with Crippen molar-refractivity contribution < 1.29 is 23.3 Å². The molecule has 0 saturated heterocycles. The third-order valence-corrected chi connectivity index (χ3v) is 2.69. The Morgan fingerprint density at radius 1 is 1.23 bits per heavy atom. The molecule has 114 valence electrons. The van der Waals surface area contributed by atoms with Gasteiger partial charge in [0.05, 0.1) is 11.6 Å². The number of benzene rings is 1. The summed E-state index contributed by atoms with van der Waals surface area (Å²) in [7, 11) is 1.34. The number of furan rings is 1. The normalized spacial score (nSPS) is 10.1. The molecular formula is C13H10FN3O5. The zero-order valence-electron chi connectivity index (χ0n) is 11.3. The Morgan fingerprint density at radius 3 is 2.55 bits per heavy atom. The number of carbonyl (C=O) groups excluding carboxylic acids is 2. The molecule has 0 aliphatic rings. The van der Waals surface area contributed by atoms with Crippen molar-refractivity contribution in [3.05, 3.63) is 57.6 Å². The van der Waals surface area contributed by atoms with Gasteiger partial charge in [-0.3, -0.25) is 19.7 Å². The average molecular weight is 307 g/mol. The summed E-state index contributed by atoms with van der Waals surface area (Å²) in [5, 5.41) is 15.1. The lowest BCUT2D eigenvalue weighted by molar-refractivity contribution is -0.402. The Bertz CT molecular complexity index is 756. The topological polar surface area (TPSA) is 114 Å². The van der Waals surface area contributed by atoms with Crippen LogP contribution in [0.4, 0.5) is 16.0 Å². The Morgan fingerprint density at radius 2 is 1.95 bits per heavy atom. The van der Waals surface area contributed by atoms with Crippen molar-refractivity contribution in [2.75, 3.05) is 12.4 Å². The molecule has 0 radical (unpaired) electrons. The highest BCUT2D eigenvalue weighted by atomic mass is 19.1. The van der Waals surface area contributed by atoms with Crippen LogP contribution in [-0.4, -0.2) is 23.8 Å². The van der Waals surface area contributed by atoms with E-state index in [0.29, 0.717) is 0 Å². The number of nitrogens with one attached hydrogen (secondary N) is 2. The second-order valence-corrected chi connectivity index (χ2v) is 4.12. The van der Waals surface area contributed by atoms with Crippen molar-refractivity contribution in [3.63, 3.8) is 0 Å². The van der Waals surface area contributed by atoms with E-state index >= 15 is 0 Å². The minimum absolute atomic E-state index is 0.143. The molecule has 0 fully saturated rings. The second kappa shape index (κ2) is 6.04. The molecule has 0 bridgehead atoms. The summed E-state index contributed by atoms with van der Waals surface area (Å²) in [5.41, 5.74) is -0.102. The number of amides is 2. The van der Waals surface area contributed by atoms with Crippen LogP contribution >= 0.6 is 0 Å². The maximum Gasteiger partial charge on any atom is 0.433 e. The van der Waals surface area contributed by atoms with Crippen molar-refractivity contribution in [2.45, 2.75) is 0 Å². The minimum Gasteiger partial charge on any atom is -0.395 e. The van der Waals surface area contributed by atoms with Gasteiger partial charge < -0.3 is 15.1 Å². The molecule has 0 saturated carbocycles. The first-order valence-electron chi connectivity index (χ1n) is 5.99. The number of nitro groups is 1. The number of anilines is 1. The SMILES string of the molecule is CNC(=O)c1cc(NC(=O)c2ccc([N+](=O)[O-])o2)ccc1F. The fourth-order valence-corrected chi connectivity index (χ4v) is 1.65. The average Bonchev–Trinajstić information content (AvgIpc) is 2.98. The van der Waals surface area contributed by atoms with E-state index in [1.807, 2.05) is 0 Å². The van der Waals surface area contributed by atoms with Crippen molar-refractivity contribution in [2.24, 2.45) is 0 Å². The first kappa shape index (κ1) is 15.2. The molecule has 9 heteroatoms. The van der Waals surface area contributed by atoms with E-state index in [1.54, 1.807) is 0 Å². The number of carbonyl (C=O) groups is 2. The number of rotatable bonds is 4. The first-order chi connectivity index (χ1) is 10.4. The lowest BCUT2D eigenvalue weighted by Gasteiger charge is -2.06. The highest BCUT2D eigenvalue weighted by Crippen LogP contribution is 2.19. The van der Waals surface area contributed by atoms with Crippen LogP contribution in [0.5, 0.6) is 0 Å². The summed E-state index contributed by atoms with van der Waals surface area (Å²) >= 11 is 0. The molecule has 2 amide bonds. The molecule has 8 nitrogen and oxygen atoms in total. The number of hydrogen-bond acceptors (Lipinski definition) is 5. The van der Waals surface area contributed by atoms with Gasteiger partial charge in [0, 0.05) is 12.7 Å². The van der Waals surface area contributed by atoms with E-state index in [1.165, 1.54) is 13.1 Å². The zero-order valence-corrected chi connectivity index (χ0v) is 11.3. The summed E-state index contributed by atoms with van der Waals surface area (Å²) in [6.07, 6.45) is 0. The van der Waals surface area contributed by atoms with Crippen LogP contribution in [0.2, 0.25) is 0 Å². The summed E-state index contributed by atoms with van der Waals surface area (Å²) < 4.78 is 18.2. The van der Waals surface area contributed by atoms with Crippen molar-refractivity contribution >= 4 is 23.4 Å². The molecule has 1 aromatic heterocycles.